The summed E-state index contributed by atoms with van der Waals surface area (Å²) < 4.78 is 13.4. The molecule has 1 saturated carbocycles. The highest BCUT2D eigenvalue weighted by molar-refractivity contribution is 7.18. The minimum atomic E-state index is 0.467. The molecule has 3 heterocycles. The Morgan fingerprint density at radius 1 is 1.03 bits per heavy atom. The zero-order chi connectivity index (χ0) is 22.9. The number of hydrogen-bond donors (Lipinski definition) is 1. The van der Waals surface area contributed by atoms with Crippen LogP contribution >= 0.6 is 11.3 Å². The van der Waals surface area contributed by atoms with E-state index in [-0.39, 0.29) is 0 Å². The van der Waals surface area contributed by atoms with E-state index in [2.05, 4.69) is 29.8 Å². The van der Waals surface area contributed by atoms with Crippen molar-refractivity contribution in [1.29, 1.82) is 0 Å². The number of thiazole rings is 1. The van der Waals surface area contributed by atoms with Gasteiger partial charge in [-0.15, -0.1) is 0 Å². The second-order valence-corrected chi connectivity index (χ2v) is 9.24. The van der Waals surface area contributed by atoms with Crippen LogP contribution in [0.1, 0.15) is 12.8 Å². The number of methoxy groups -OCH3 is 1. The Hall–Kier alpha value is -3.98. The van der Waals surface area contributed by atoms with Gasteiger partial charge in [-0.2, -0.15) is 4.98 Å². The SMILES string of the molecule is COc1cccc(Nc2ncc(-c3ccc(Oc4ncnc5c4ncn5CC4CC4)cc3)s2)c1. The smallest absolute Gasteiger partial charge is 0.250 e. The second-order valence-electron chi connectivity index (χ2n) is 8.20. The largest absolute Gasteiger partial charge is 0.497 e. The third-order valence-corrected chi connectivity index (χ3v) is 6.66. The van der Waals surface area contributed by atoms with Crippen LogP contribution in [0.2, 0.25) is 0 Å². The molecule has 1 aliphatic rings. The van der Waals surface area contributed by atoms with E-state index in [9.17, 15) is 0 Å². The molecular formula is C25H22N6O2S. The van der Waals surface area contributed by atoms with Crippen LogP contribution in [-0.2, 0) is 6.54 Å². The molecule has 0 saturated heterocycles. The van der Waals surface area contributed by atoms with Crippen LogP contribution in [0.15, 0.2) is 67.4 Å². The van der Waals surface area contributed by atoms with Gasteiger partial charge in [-0.25, -0.2) is 15.0 Å². The van der Waals surface area contributed by atoms with E-state index in [0.29, 0.717) is 17.1 Å². The summed E-state index contributed by atoms with van der Waals surface area (Å²) in [6, 6.07) is 15.7. The standard InChI is InChI=1S/C25H22N6O2S/c1-32-20-4-2-3-18(11-20)30-25-26-12-21(34-25)17-7-9-19(10-8-17)33-24-22-23(27-14-28-24)31(15-29-22)13-16-5-6-16/h2-4,7-12,14-16H,5-6,13H2,1H3,(H,26,30). The Kier molecular flexibility index (Phi) is 5.31. The van der Waals surface area contributed by atoms with Crippen LogP contribution in [0, 0.1) is 5.92 Å². The zero-order valence-corrected chi connectivity index (χ0v) is 19.3. The number of fused-ring (bicyclic) bond motifs is 1. The van der Waals surface area contributed by atoms with Crippen molar-refractivity contribution in [2.24, 2.45) is 5.92 Å². The summed E-state index contributed by atoms with van der Waals surface area (Å²) in [5.41, 5.74) is 3.49. The van der Waals surface area contributed by atoms with Crippen molar-refractivity contribution in [3.05, 3.63) is 67.4 Å². The first-order valence-electron chi connectivity index (χ1n) is 11.1. The summed E-state index contributed by atoms with van der Waals surface area (Å²) in [5.74, 6) is 2.70. The number of rotatable bonds is 8. The van der Waals surface area contributed by atoms with Crippen LogP contribution < -0.4 is 14.8 Å². The fraction of sp³-hybridized carbons (Fsp3) is 0.200. The van der Waals surface area contributed by atoms with E-state index >= 15 is 0 Å². The molecule has 0 amide bonds. The number of imidazole rings is 1. The second kappa shape index (κ2) is 8.75. The van der Waals surface area contributed by atoms with Crippen LogP contribution in [0.5, 0.6) is 17.4 Å². The predicted molar refractivity (Wildman–Crippen MR) is 132 cm³/mol. The molecule has 0 spiro atoms. The van der Waals surface area contributed by atoms with E-state index in [4.69, 9.17) is 9.47 Å². The Balaban J connectivity index is 1.17. The molecule has 6 rings (SSSR count). The average molecular weight is 471 g/mol. The molecule has 1 aliphatic carbocycles. The van der Waals surface area contributed by atoms with Gasteiger partial charge in [-0.05, 0) is 60.7 Å². The number of benzene rings is 2. The van der Waals surface area contributed by atoms with Gasteiger partial charge in [0.1, 0.15) is 17.8 Å². The highest BCUT2D eigenvalue weighted by atomic mass is 32.1. The average Bonchev–Trinajstić information content (AvgIpc) is 3.41. The van der Waals surface area contributed by atoms with E-state index in [1.165, 1.54) is 19.2 Å². The molecule has 3 aromatic heterocycles. The van der Waals surface area contributed by atoms with Crippen LogP contribution in [0.3, 0.4) is 0 Å². The maximum atomic E-state index is 6.06. The van der Waals surface area contributed by atoms with Crippen LogP contribution in [0.4, 0.5) is 10.8 Å². The highest BCUT2D eigenvalue weighted by Gasteiger charge is 2.23. The quantitative estimate of drug-likeness (QED) is 0.302. The number of hydrogen-bond acceptors (Lipinski definition) is 8. The van der Waals surface area contributed by atoms with E-state index in [1.807, 2.05) is 61.1 Å². The predicted octanol–water partition coefficient (Wildman–Crippen LogP) is 5.90. The lowest BCUT2D eigenvalue weighted by atomic mass is 10.2. The number of nitrogens with one attached hydrogen (secondary N) is 1. The van der Waals surface area contributed by atoms with Crippen molar-refractivity contribution in [1.82, 2.24) is 24.5 Å². The molecule has 5 aromatic rings. The van der Waals surface area contributed by atoms with Crippen molar-refractivity contribution in [3.63, 3.8) is 0 Å². The topological polar surface area (TPSA) is 87.0 Å². The lowest BCUT2D eigenvalue weighted by Gasteiger charge is -2.06. The third-order valence-electron chi connectivity index (χ3n) is 5.70. The molecular weight excluding hydrogens is 448 g/mol. The van der Waals surface area contributed by atoms with Crippen molar-refractivity contribution >= 4 is 33.3 Å². The van der Waals surface area contributed by atoms with Gasteiger partial charge >= 0.3 is 0 Å². The molecule has 0 unspecified atom stereocenters. The number of aromatic nitrogens is 5. The molecule has 2 aromatic carbocycles. The number of anilines is 2. The molecule has 8 nitrogen and oxygen atoms in total. The van der Waals surface area contributed by atoms with Crippen LogP contribution in [-0.4, -0.2) is 31.6 Å². The van der Waals surface area contributed by atoms with Gasteiger partial charge in [0.2, 0.25) is 0 Å². The number of nitrogens with zero attached hydrogens (tertiary/aromatic N) is 5. The Labute approximate surface area is 200 Å². The molecule has 1 N–H and O–H groups in total. The first-order chi connectivity index (χ1) is 16.7. The molecule has 0 atom stereocenters. The summed E-state index contributed by atoms with van der Waals surface area (Å²) in [4.78, 5) is 18.8. The summed E-state index contributed by atoms with van der Waals surface area (Å²) in [6.07, 6.45) is 7.78. The normalized spacial score (nSPS) is 13.2. The monoisotopic (exact) mass is 470 g/mol. The van der Waals surface area contributed by atoms with Crippen molar-refractivity contribution in [3.8, 4) is 27.8 Å². The molecule has 34 heavy (non-hydrogen) atoms. The van der Waals surface area contributed by atoms with Gasteiger partial charge in [0.05, 0.1) is 18.3 Å². The Morgan fingerprint density at radius 3 is 2.74 bits per heavy atom. The zero-order valence-electron chi connectivity index (χ0n) is 18.5. The lowest BCUT2D eigenvalue weighted by Crippen LogP contribution is -1.99. The molecule has 1 fully saturated rings. The first-order valence-corrected chi connectivity index (χ1v) is 11.9. The maximum absolute atomic E-state index is 6.06. The van der Waals surface area contributed by atoms with E-state index in [0.717, 1.165) is 45.1 Å². The minimum Gasteiger partial charge on any atom is -0.497 e. The van der Waals surface area contributed by atoms with E-state index < -0.39 is 0 Å². The minimum absolute atomic E-state index is 0.467. The van der Waals surface area contributed by atoms with Gasteiger partial charge in [0, 0.05) is 24.5 Å². The Morgan fingerprint density at radius 2 is 1.91 bits per heavy atom. The summed E-state index contributed by atoms with van der Waals surface area (Å²) in [7, 11) is 1.66. The van der Waals surface area contributed by atoms with Gasteiger partial charge in [-0.3, -0.25) is 0 Å². The molecule has 0 aliphatic heterocycles. The number of ether oxygens (including phenoxy) is 2. The molecule has 170 valence electrons. The molecule has 0 bridgehead atoms. The van der Waals surface area contributed by atoms with E-state index in [1.54, 1.807) is 18.4 Å². The fourth-order valence-corrected chi connectivity index (χ4v) is 4.58. The summed E-state index contributed by atoms with van der Waals surface area (Å²) >= 11 is 1.58. The first kappa shape index (κ1) is 20.6. The highest BCUT2D eigenvalue weighted by Crippen LogP contribution is 2.34. The fourth-order valence-electron chi connectivity index (χ4n) is 3.73. The van der Waals surface area contributed by atoms with Gasteiger partial charge < -0.3 is 19.4 Å². The van der Waals surface area contributed by atoms with Gasteiger partial charge in [-0.1, -0.05) is 17.4 Å². The van der Waals surface area contributed by atoms with Gasteiger partial charge in [0.15, 0.2) is 16.3 Å². The molecule has 0 radical (unpaired) electrons. The van der Waals surface area contributed by atoms with Crippen molar-refractivity contribution in [2.45, 2.75) is 19.4 Å². The molecule has 9 heteroatoms. The van der Waals surface area contributed by atoms with Crippen LogP contribution in [0.25, 0.3) is 21.6 Å². The Bertz CT molecular complexity index is 1440. The van der Waals surface area contributed by atoms with Crippen molar-refractivity contribution < 1.29 is 9.47 Å². The lowest BCUT2D eigenvalue weighted by molar-refractivity contribution is 0.415. The summed E-state index contributed by atoms with van der Waals surface area (Å²) in [5, 5.41) is 4.14. The third kappa shape index (κ3) is 4.29. The summed E-state index contributed by atoms with van der Waals surface area (Å²) in [6.45, 7) is 0.950. The van der Waals surface area contributed by atoms with Crippen molar-refractivity contribution in [2.75, 3.05) is 12.4 Å². The van der Waals surface area contributed by atoms with Gasteiger partial charge in [0.25, 0.3) is 5.88 Å². The maximum Gasteiger partial charge on any atom is 0.250 e.